The zero-order valence-corrected chi connectivity index (χ0v) is 20.9. The van der Waals surface area contributed by atoms with Crippen LogP contribution in [0.3, 0.4) is 0 Å². The maximum Gasteiger partial charge on any atom is 0.253 e. The van der Waals surface area contributed by atoms with Crippen LogP contribution < -0.4 is 5.56 Å². The lowest BCUT2D eigenvalue weighted by atomic mass is 9.69. The predicted molar refractivity (Wildman–Crippen MR) is 134 cm³/mol. The highest BCUT2D eigenvalue weighted by atomic mass is 16.3. The Kier molecular flexibility index (Phi) is 7.27. The molecule has 1 saturated heterocycles. The summed E-state index contributed by atoms with van der Waals surface area (Å²) in [5, 5.41) is 11.6. The molecule has 1 aliphatic carbocycles. The second-order valence-electron chi connectivity index (χ2n) is 11.2. The molecule has 6 heteroatoms. The minimum Gasteiger partial charge on any atom is -0.387 e. The minimum absolute atomic E-state index is 0.0162. The SMILES string of the molecule is C[C@H](CC1CCCCC1)C(=O)N1CC[C@@](O)(Cn2cnc(-c3ccccc3)cc2=O)C(C)(C)C1. The van der Waals surface area contributed by atoms with E-state index < -0.39 is 11.0 Å². The van der Waals surface area contributed by atoms with Crippen molar-refractivity contribution in [3.8, 4) is 11.3 Å². The van der Waals surface area contributed by atoms with Gasteiger partial charge in [-0.25, -0.2) is 4.98 Å². The highest BCUT2D eigenvalue weighted by molar-refractivity contribution is 5.78. The number of nitrogens with zero attached hydrogens (tertiary/aromatic N) is 3. The van der Waals surface area contributed by atoms with Gasteiger partial charge in [0.1, 0.15) is 0 Å². The summed E-state index contributed by atoms with van der Waals surface area (Å²) >= 11 is 0. The number of rotatable bonds is 6. The summed E-state index contributed by atoms with van der Waals surface area (Å²) in [7, 11) is 0. The molecule has 2 atom stereocenters. The number of benzene rings is 1. The van der Waals surface area contributed by atoms with Crippen LogP contribution in [0.25, 0.3) is 11.3 Å². The molecule has 2 aromatic rings. The summed E-state index contributed by atoms with van der Waals surface area (Å²) < 4.78 is 1.50. The van der Waals surface area contributed by atoms with Gasteiger partial charge >= 0.3 is 0 Å². The van der Waals surface area contributed by atoms with E-state index in [9.17, 15) is 14.7 Å². The number of likely N-dealkylation sites (tertiary alicyclic amines) is 1. The molecule has 2 fully saturated rings. The van der Waals surface area contributed by atoms with Crippen molar-refractivity contribution in [3.05, 3.63) is 53.1 Å². The summed E-state index contributed by atoms with van der Waals surface area (Å²) in [6.07, 6.45) is 9.33. The third-order valence-corrected chi connectivity index (χ3v) is 8.17. The Bertz CT molecular complexity index is 1040. The van der Waals surface area contributed by atoms with Crippen LogP contribution in [0.4, 0.5) is 0 Å². The Hall–Kier alpha value is -2.47. The van der Waals surface area contributed by atoms with Crippen LogP contribution >= 0.6 is 0 Å². The molecule has 34 heavy (non-hydrogen) atoms. The van der Waals surface area contributed by atoms with Crippen molar-refractivity contribution in [2.24, 2.45) is 17.3 Å². The van der Waals surface area contributed by atoms with Crippen molar-refractivity contribution < 1.29 is 9.90 Å². The zero-order chi connectivity index (χ0) is 24.3. The van der Waals surface area contributed by atoms with Crippen LogP contribution in [0.5, 0.6) is 0 Å². The minimum atomic E-state index is -1.10. The molecule has 0 unspecified atom stereocenters. The van der Waals surface area contributed by atoms with E-state index in [-0.39, 0.29) is 23.9 Å². The summed E-state index contributed by atoms with van der Waals surface area (Å²) in [4.78, 5) is 32.5. The first kappa shape index (κ1) is 24.6. The Morgan fingerprint density at radius 1 is 1.18 bits per heavy atom. The lowest BCUT2D eigenvalue weighted by molar-refractivity contribution is -0.157. The van der Waals surface area contributed by atoms with Crippen molar-refractivity contribution in [1.82, 2.24) is 14.5 Å². The molecule has 0 bridgehead atoms. The quantitative estimate of drug-likeness (QED) is 0.681. The molecule has 1 aromatic carbocycles. The van der Waals surface area contributed by atoms with Crippen LogP contribution in [0.1, 0.15) is 65.7 Å². The van der Waals surface area contributed by atoms with Crippen molar-refractivity contribution in [1.29, 1.82) is 0 Å². The first-order valence-corrected chi connectivity index (χ1v) is 12.8. The van der Waals surface area contributed by atoms with E-state index in [1.807, 2.05) is 49.1 Å². The molecule has 2 aliphatic rings. The monoisotopic (exact) mass is 465 g/mol. The molecule has 1 N–H and O–H groups in total. The summed E-state index contributed by atoms with van der Waals surface area (Å²) in [6, 6.07) is 11.1. The van der Waals surface area contributed by atoms with Crippen molar-refractivity contribution in [3.63, 3.8) is 0 Å². The standard InChI is InChI=1S/C28H39N3O3/c1-21(16-22-10-6-4-7-11-22)26(33)30-15-14-28(34,27(2,3)18-30)19-31-20-29-24(17-25(31)32)23-12-8-5-9-13-23/h5,8-9,12-13,17,20-22,34H,4,6-7,10-11,14-16,18-19H2,1-3H3/t21-,28-/m1/s1. The van der Waals surface area contributed by atoms with Gasteiger partial charge in [0.15, 0.2) is 0 Å². The number of aliphatic hydroxyl groups is 1. The first-order chi connectivity index (χ1) is 16.2. The lowest BCUT2D eigenvalue weighted by Crippen LogP contribution is -2.61. The van der Waals surface area contributed by atoms with Gasteiger partial charge in [0, 0.05) is 36.1 Å². The predicted octanol–water partition coefficient (Wildman–Crippen LogP) is 4.51. The van der Waals surface area contributed by atoms with E-state index in [4.69, 9.17) is 0 Å². The average Bonchev–Trinajstić information content (AvgIpc) is 2.83. The molecule has 1 amide bonds. The normalized spacial score (nSPS) is 24.1. The number of hydrogen-bond acceptors (Lipinski definition) is 4. The molecule has 2 heterocycles. The van der Waals surface area contributed by atoms with E-state index in [1.54, 1.807) is 0 Å². The van der Waals surface area contributed by atoms with Crippen LogP contribution in [-0.2, 0) is 11.3 Å². The Labute approximate surface area is 203 Å². The number of aromatic nitrogens is 2. The second kappa shape index (κ2) is 10.0. The van der Waals surface area contributed by atoms with Crippen molar-refractivity contribution >= 4 is 5.91 Å². The number of hydrogen-bond donors (Lipinski definition) is 1. The maximum absolute atomic E-state index is 13.2. The first-order valence-electron chi connectivity index (χ1n) is 12.8. The van der Waals surface area contributed by atoms with E-state index in [2.05, 4.69) is 11.9 Å². The number of amides is 1. The van der Waals surface area contributed by atoms with Gasteiger partial charge < -0.3 is 10.0 Å². The van der Waals surface area contributed by atoms with Crippen molar-refractivity contribution in [2.75, 3.05) is 13.1 Å². The van der Waals surface area contributed by atoms with Gasteiger partial charge in [0.2, 0.25) is 5.91 Å². The molecule has 1 aliphatic heterocycles. The van der Waals surface area contributed by atoms with Crippen LogP contribution in [0.15, 0.2) is 47.5 Å². The zero-order valence-electron chi connectivity index (χ0n) is 20.9. The largest absolute Gasteiger partial charge is 0.387 e. The van der Waals surface area contributed by atoms with E-state index >= 15 is 0 Å². The third kappa shape index (κ3) is 5.27. The van der Waals surface area contributed by atoms with E-state index in [1.165, 1.54) is 49.1 Å². The van der Waals surface area contributed by atoms with Crippen LogP contribution in [0.2, 0.25) is 0 Å². The smallest absolute Gasteiger partial charge is 0.253 e. The molecule has 4 rings (SSSR count). The molecule has 0 spiro atoms. The molecular weight excluding hydrogens is 426 g/mol. The molecule has 6 nitrogen and oxygen atoms in total. The van der Waals surface area contributed by atoms with Gasteiger partial charge in [-0.3, -0.25) is 14.2 Å². The highest BCUT2D eigenvalue weighted by Crippen LogP contribution is 2.40. The highest BCUT2D eigenvalue weighted by Gasteiger charge is 2.49. The summed E-state index contributed by atoms with van der Waals surface area (Å²) in [5.41, 5.74) is -0.322. The Morgan fingerprint density at radius 3 is 2.53 bits per heavy atom. The van der Waals surface area contributed by atoms with E-state index in [0.717, 1.165) is 12.0 Å². The fourth-order valence-corrected chi connectivity index (χ4v) is 5.77. The van der Waals surface area contributed by atoms with Crippen LogP contribution in [0, 0.1) is 17.3 Å². The molecule has 184 valence electrons. The maximum atomic E-state index is 13.2. The average molecular weight is 466 g/mol. The van der Waals surface area contributed by atoms with Gasteiger partial charge in [-0.05, 0) is 18.8 Å². The molecular formula is C28H39N3O3. The summed E-state index contributed by atoms with van der Waals surface area (Å²) in [5.74, 6) is 0.884. The Balaban J connectivity index is 1.42. The van der Waals surface area contributed by atoms with Gasteiger partial charge in [-0.2, -0.15) is 0 Å². The number of carbonyl (C=O) groups is 1. The third-order valence-electron chi connectivity index (χ3n) is 8.17. The molecule has 1 aromatic heterocycles. The molecule has 0 radical (unpaired) electrons. The summed E-state index contributed by atoms with van der Waals surface area (Å²) in [6.45, 7) is 7.22. The number of carbonyl (C=O) groups excluding carboxylic acids is 1. The molecule has 1 saturated carbocycles. The van der Waals surface area contributed by atoms with E-state index in [0.29, 0.717) is 31.1 Å². The van der Waals surface area contributed by atoms with Crippen LogP contribution in [-0.4, -0.2) is 44.2 Å². The Morgan fingerprint density at radius 2 is 1.88 bits per heavy atom. The fraction of sp³-hybridized carbons (Fsp3) is 0.607. The van der Waals surface area contributed by atoms with Crippen molar-refractivity contribution in [2.45, 2.75) is 77.9 Å². The topological polar surface area (TPSA) is 75.4 Å². The van der Waals surface area contributed by atoms with Gasteiger partial charge in [-0.15, -0.1) is 0 Å². The lowest BCUT2D eigenvalue weighted by Gasteiger charge is -2.50. The van der Waals surface area contributed by atoms with Gasteiger partial charge in [0.05, 0.1) is 24.2 Å². The second-order valence-corrected chi connectivity index (χ2v) is 11.2. The fourth-order valence-electron chi connectivity index (χ4n) is 5.77. The van der Waals surface area contributed by atoms with Gasteiger partial charge in [-0.1, -0.05) is 83.2 Å². The number of piperidine rings is 1. The van der Waals surface area contributed by atoms with Gasteiger partial charge in [0.25, 0.3) is 5.56 Å².